The molecule has 1 aliphatic heterocycles. The quantitative estimate of drug-likeness (QED) is 0.867. The molecule has 5 heteroatoms. The number of aromatic nitrogens is 2. The number of anilines is 1. The van der Waals surface area contributed by atoms with Crippen LogP contribution in [-0.2, 0) is 0 Å². The van der Waals surface area contributed by atoms with Crippen LogP contribution in [0.3, 0.4) is 0 Å². The van der Waals surface area contributed by atoms with E-state index in [1.807, 2.05) is 18.7 Å². The van der Waals surface area contributed by atoms with Gasteiger partial charge in [0.05, 0.1) is 0 Å². The molecule has 1 unspecified atom stereocenters. The maximum Gasteiger partial charge on any atom is 0.205 e. The predicted molar refractivity (Wildman–Crippen MR) is 67.8 cm³/mol. The molecule has 1 atom stereocenters. The molecule has 0 aromatic carbocycles. The molecule has 0 amide bonds. The molecule has 1 aromatic heterocycles. The Balaban J connectivity index is 2.04. The van der Waals surface area contributed by atoms with Crippen LogP contribution in [0.25, 0.3) is 0 Å². The molecule has 0 spiro atoms. The van der Waals surface area contributed by atoms with Gasteiger partial charge in [-0.05, 0) is 24.5 Å². The zero-order chi connectivity index (χ0) is 10.9. The van der Waals surface area contributed by atoms with Crippen molar-refractivity contribution in [2.24, 2.45) is 5.41 Å². The van der Waals surface area contributed by atoms with Crippen molar-refractivity contribution in [2.45, 2.75) is 33.2 Å². The Kier molecular flexibility index (Phi) is 3.21. The van der Waals surface area contributed by atoms with Gasteiger partial charge in [0.15, 0.2) is 0 Å². The predicted octanol–water partition coefficient (Wildman–Crippen LogP) is 2.79. The van der Waals surface area contributed by atoms with Crippen molar-refractivity contribution in [3.63, 3.8) is 0 Å². The third kappa shape index (κ3) is 2.64. The Labute approximate surface area is 99.1 Å². The van der Waals surface area contributed by atoms with Gasteiger partial charge in [0.25, 0.3) is 0 Å². The van der Waals surface area contributed by atoms with Gasteiger partial charge >= 0.3 is 0 Å². The van der Waals surface area contributed by atoms with Crippen LogP contribution in [0.1, 0.15) is 25.3 Å². The zero-order valence-corrected chi connectivity index (χ0v) is 11.0. The van der Waals surface area contributed by atoms with E-state index in [9.17, 15) is 0 Å². The van der Waals surface area contributed by atoms with Crippen LogP contribution < -0.4 is 5.32 Å². The third-order valence-corrected chi connectivity index (χ3v) is 4.77. The molecule has 2 heterocycles. The fourth-order valence-electron chi connectivity index (χ4n) is 1.68. The first-order chi connectivity index (χ1) is 7.08. The summed E-state index contributed by atoms with van der Waals surface area (Å²) in [6, 6.07) is 0.517. The number of rotatable bonds is 2. The minimum atomic E-state index is 0.366. The van der Waals surface area contributed by atoms with Crippen molar-refractivity contribution in [1.82, 2.24) is 10.2 Å². The van der Waals surface area contributed by atoms with Crippen molar-refractivity contribution in [3.05, 3.63) is 5.01 Å². The number of aryl methyl sites for hydroxylation is 1. The molecule has 1 N–H and O–H groups in total. The Morgan fingerprint density at radius 3 is 2.80 bits per heavy atom. The second-order valence-electron chi connectivity index (χ2n) is 4.64. The molecule has 2 rings (SSSR count). The van der Waals surface area contributed by atoms with Crippen molar-refractivity contribution in [2.75, 3.05) is 16.8 Å². The topological polar surface area (TPSA) is 37.8 Å². The van der Waals surface area contributed by atoms with E-state index < -0.39 is 0 Å². The molecule has 0 saturated carbocycles. The lowest BCUT2D eigenvalue weighted by atomic mass is 9.82. The van der Waals surface area contributed by atoms with Gasteiger partial charge < -0.3 is 5.32 Å². The van der Waals surface area contributed by atoms with Crippen molar-refractivity contribution in [3.8, 4) is 0 Å². The van der Waals surface area contributed by atoms with Crippen LogP contribution in [0.15, 0.2) is 0 Å². The monoisotopic (exact) mass is 243 g/mol. The highest BCUT2D eigenvalue weighted by Gasteiger charge is 2.32. The van der Waals surface area contributed by atoms with Crippen molar-refractivity contribution < 1.29 is 0 Å². The summed E-state index contributed by atoms with van der Waals surface area (Å²) in [5, 5.41) is 13.7. The molecule has 1 aliphatic rings. The average Bonchev–Trinajstić information content (AvgIpc) is 2.55. The summed E-state index contributed by atoms with van der Waals surface area (Å²) in [5.74, 6) is 2.45. The molecule has 84 valence electrons. The van der Waals surface area contributed by atoms with Gasteiger partial charge in [-0.3, -0.25) is 0 Å². The number of hydrogen-bond donors (Lipinski definition) is 1. The Bertz CT molecular complexity index is 335. The molecule has 0 bridgehead atoms. The van der Waals surface area contributed by atoms with Gasteiger partial charge in [0, 0.05) is 11.8 Å². The van der Waals surface area contributed by atoms with Gasteiger partial charge in [0.2, 0.25) is 5.13 Å². The van der Waals surface area contributed by atoms with Crippen molar-refractivity contribution in [1.29, 1.82) is 0 Å². The highest BCUT2D eigenvalue weighted by Crippen LogP contribution is 2.36. The number of thioether (sulfide) groups is 1. The highest BCUT2D eigenvalue weighted by atomic mass is 32.2. The third-order valence-electron chi connectivity index (χ3n) is 2.94. The van der Waals surface area contributed by atoms with Gasteiger partial charge in [0.1, 0.15) is 5.01 Å². The number of nitrogens with one attached hydrogen (secondary N) is 1. The highest BCUT2D eigenvalue weighted by molar-refractivity contribution is 7.99. The van der Waals surface area contributed by atoms with E-state index in [1.54, 1.807) is 11.3 Å². The van der Waals surface area contributed by atoms with Crippen molar-refractivity contribution >= 4 is 28.2 Å². The average molecular weight is 243 g/mol. The summed E-state index contributed by atoms with van der Waals surface area (Å²) < 4.78 is 0. The molecule has 0 aliphatic carbocycles. The van der Waals surface area contributed by atoms with Crippen LogP contribution in [0, 0.1) is 12.3 Å². The van der Waals surface area contributed by atoms with E-state index in [2.05, 4.69) is 29.4 Å². The summed E-state index contributed by atoms with van der Waals surface area (Å²) in [5.41, 5.74) is 0.366. The smallest absolute Gasteiger partial charge is 0.205 e. The number of hydrogen-bond acceptors (Lipinski definition) is 5. The molecule has 1 aromatic rings. The standard InChI is InChI=1S/C10H17N3S2/c1-7-12-13-9(15-7)11-8-6-14-5-4-10(8,2)3/h8H,4-6H2,1-3H3,(H,11,13). The van der Waals surface area contributed by atoms with Gasteiger partial charge in [-0.2, -0.15) is 11.8 Å². The molecule has 3 nitrogen and oxygen atoms in total. The summed E-state index contributed by atoms with van der Waals surface area (Å²) in [6.45, 7) is 6.65. The number of nitrogens with zero attached hydrogens (tertiary/aromatic N) is 2. The van der Waals surface area contributed by atoms with Crippen LogP contribution >= 0.6 is 23.1 Å². The largest absolute Gasteiger partial charge is 0.356 e. The van der Waals surface area contributed by atoms with Crippen LogP contribution in [0.2, 0.25) is 0 Å². The second-order valence-corrected chi connectivity index (χ2v) is 6.97. The van der Waals surface area contributed by atoms with E-state index in [-0.39, 0.29) is 0 Å². The summed E-state index contributed by atoms with van der Waals surface area (Å²) in [6.07, 6.45) is 1.27. The van der Waals surface area contributed by atoms with Gasteiger partial charge in [-0.15, -0.1) is 10.2 Å². The lowest BCUT2D eigenvalue weighted by molar-refractivity contribution is 0.305. The minimum Gasteiger partial charge on any atom is -0.356 e. The molecular formula is C10H17N3S2. The second kappa shape index (κ2) is 4.29. The summed E-state index contributed by atoms with van der Waals surface area (Å²) in [7, 11) is 0. The van der Waals surface area contributed by atoms with E-state index in [1.165, 1.54) is 17.9 Å². The Morgan fingerprint density at radius 2 is 2.20 bits per heavy atom. The first-order valence-corrected chi connectivity index (χ1v) is 7.19. The van der Waals surface area contributed by atoms with E-state index in [0.717, 1.165) is 10.1 Å². The van der Waals surface area contributed by atoms with Gasteiger partial charge in [-0.1, -0.05) is 25.2 Å². The first-order valence-electron chi connectivity index (χ1n) is 5.22. The van der Waals surface area contributed by atoms with E-state index >= 15 is 0 Å². The van der Waals surface area contributed by atoms with Crippen LogP contribution in [0.5, 0.6) is 0 Å². The van der Waals surface area contributed by atoms with E-state index in [0.29, 0.717) is 11.5 Å². The maximum absolute atomic E-state index is 4.12. The lowest BCUT2D eigenvalue weighted by Gasteiger charge is -2.38. The normalized spacial score (nSPS) is 25.1. The lowest BCUT2D eigenvalue weighted by Crippen LogP contribution is -2.41. The SMILES string of the molecule is Cc1nnc(NC2CSCCC2(C)C)s1. The van der Waals surface area contributed by atoms with Crippen LogP contribution in [0.4, 0.5) is 5.13 Å². The fourth-order valence-corrected chi connectivity index (χ4v) is 3.93. The summed E-state index contributed by atoms with van der Waals surface area (Å²) in [4.78, 5) is 0. The Morgan fingerprint density at radius 1 is 1.40 bits per heavy atom. The Hall–Kier alpha value is -0.290. The zero-order valence-electron chi connectivity index (χ0n) is 9.41. The molecule has 15 heavy (non-hydrogen) atoms. The molecule has 1 saturated heterocycles. The maximum atomic E-state index is 4.12. The molecule has 0 radical (unpaired) electrons. The molecule has 1 fully saturated rings. The minimum absolute atomic E-state index is 0.366. The molecular weight excluding hydrogens is 226 g/mol. The van der Waals surface area contributed by atoms with E-state index in [4.69, 9.17) is 0 Å². The summed E-state index contributed by atoms with van der Waals surface area (Å²) >= 11 is 3.66. The first kappa shape index (κ1) is 11.2. The fraction of sp³-hybridized carbons (Fsp3) is 0.800. The van der Waals surface area contributed by atoms with Crippen LogP contribution in [-0.4, -0.2) is 27.7 Å². The van der Waals surface area contributed by atoms with Gasteiger partial charge in [-0.25, -0.2) is 0 Å².